The number of hydrogen-bond acceptors (Lipinski definition) is 3. The van der Waals surface area contributed by atoms with Crippen LogP contribution in [0.3, 0.4) is 0 Å². The summed E-state index contributed by atoms with van der Waals surface area (Å²) < 4.78 is 31.4. The van der Waals surface area contributed by atoms with Gasteiger partial charge in [0.2, 0.25) is 0 Å². The second-order valence-electron chi connectivity index (χ2n) is 4.33. The minimum Gasteiger partial charge on any atom is -0.481 e. The highest BCUT2D eigenvalue weighted by molar-refractivity contribution is 5.78. The van der Waals surface area contributed by atoms with Crippen LogP contribution in [0.25, 0.3) is 0 Å². The molecule has 2 rings (SSSR count). The van der Waals surface area contributed by atoms with Gasteiger partial charge in [-0.1, -0.05) is 0 Å². The maximum atomic E-state index is 13.4. The van der Waals surface area contributed by atoms with Gasteiger partial charge >= 0.3 is 0 Å². The second kappa shape index (κ2) is 4.80. The third kappa shape index (κ3) is 2.69. The molecule has 4 nitrogen and oxygen atoms in total. The van der Waals surface area contributed by atoms with Crippen LogP contribution >= 0.6 is 0 Å². The van der Waals surface area contributed by atoms with E-state index in [-0.39, 0.29) is 30.0 Å². The maximum absolute atomic E-state index is 13.4. The van der Waals surface area contributed by atoms with Gasteiger partial charge in [-0.2, -0.15) is 0 Å². The summed E-state index contributed by atoms with van der Waals surface area (Å²) in [5.41, 5.74) is 4.91. The fraction of sp³-hybridized carbons (Fsp3) is 0.417. The van der Waals surface area contributed by atoms with Crippen molar-refractivity contribution in [2.24, 2.45) is 0 Å². The fourth-order valence-corrected chi connectivity index (χ4v) is 1.56. The number of benzene rings is 1. The third-order valence-corrected chi connectivity index (χ3v) is 2.89. The first-order chi connectivity index (χ1) is 8.49. The fourth-order valence-electron chi connectivity index (χ4n) is 1.56. The molecule has 98 valence electrons. The van der Waals surface area contributed by atoms with Crippen LogP contribution in [-0.4, -0.2) is 30.5 Å². The molecule has 0 aliphatic heterocycles. The normalized spacial score (nSPS) is 14.4. The molecule has 0 atom stereocenters. The Hall–Kier alpha value is -1.85. The van der Waals surface area contributed by atoms with Crippen LogP contribution < -0.4 is 10.5 Å². The average molecular weight is 256 g/mol. The van der Waals surface area contributed by atoms with Crippen molar-refractivity contribution in [2.45, 2.75) is 18.9 Å². The molecule has 1 amide bonds. The first-order valence-corrected chi connectivity index (χ1v) is 5.62. The van der Waals surface area contributed by atoms with E-state index in [0.717, 1.165) is 25.0 Å². The lowest BCUT2D eigenvalue weighted by Crippen LogP contribution is -2.33. The summed E-state index contributed by atoms with van der Waals surface area (Å²) in [7, 11) is 1.67. The van der Waals surface area contributed by atoms with Gasteiger partial charge in [-0.15, -0.1) is 0 Å². The van der Waals surface area contributed by atoms with E-state index in [1.165, 1.54) is 0 Å². The number of likely N-dealkylation sites (N-methyl/N-ethyl adjacent to an activating group) is 1. The molecule has 1 fully saturated rings. The van der Waals surface area contributed by atoms with E-state index in [9.17, 15) is 13.6 Å². The molecule has 0 radical (unpaired) electrons. The smallest absolute Gasteiger partial charge is 0.260 e. The van der Waals surface area contributed by atoms with E-state index in [0.29, 0.717) is 0 Å². The van der Waals surface area contributed by atoms with Crippen molar-refractivity contribution in [2.75, 3.05) is 19.4 Å². The molecule has 0 saturated heterocycles. The Morgan fingerprint density at radius 3 is 2.72 bits per heavy atom. The monoisotopic (exact) mass is 256 g/mol. The molecule has 0 heterocycles. The Morgan fingerprint density at radius 2 is 2.11 bits per heavy atom. The van der Waals surface area contributed by atoms with Gasteiger partial charge in [-0.3, -0.25) is 4.79 Å². The lowest BCUT2D eigenvalue weighted by molar-refractivity contribution is -0.132. The quantitative estimate of drug-likeness (QED) is 0.831. The van der Waals surface area contributed by atoms with Gasteiger partial charge in [0.25, 0.3) is 5.91 Å². The lowest BCUT2D eigenvalue weighted by atomic mass is 10.3. The van der Waals surface area contributed by atoms with E-state index in [4.69, 9.17) is 10.5 Å². The number of nitrogens with zero attached hydrogens (tertiary/aromatic N) is 1. The highest BCUT2D eigenvalue weighted by Crippen LogP contribution is 2.26. The van der Waals surface area contributed by atoms with E-state index >= 15 is 0 Å². The summed E-state index contributed by atoms with van der Waals surface area (Å²) in [6, 6.07) is 1.93. The van der Waals surface area contributed by atoms with Crippen molar-refractivity contribution >= 4 is 11.6 Å². The summed E-state index contributed by atoms with van der Waals surface area (Å²) >= 11 is 0. The summed E-state index contributed by atoms with van der Waals surface area (Å²) in [4.78, 5) is 13.2. The Kier molecular flexibility index (Phi) is 3.36. The molecule has 0 spiro atoms. The molecule has 1 aliphatic rings. The van der Waals surface area contributed by atoms with Crippen LogP contribution in [0.4, 0.5) is 14.5 Å². The van der Waals surface area contributed by atoms with Crippen LogP contribution in [0, 0.1) is 11.6 Å². The molecular formula is C12H14F2N2O2. The van der Waals surface area contributed by atoms with Gasteiger partial charge < -0.3 is 15.4 Å². The minimum atomic E-state index is -0.782. The van der Waals surface area contributed by atoms with Crippen molar-refractivity contribution in [1.82, 2.24) is 4.90 Å². The number of carbonyl (C=O) groups excluding carboxylic acids is 1. The van der Waals surface area contributed by atoms with E-state index in [2.05, 4.69) is 0 Å². The molecule has 1 aliphatic carbocycles. The van der Waals surface area contributed by atoms with Crippen molar-refractivity contribution < 1.29 is 18.3 Å². The van der Waals surface area contributed by atoms with E-state index < -0.39 is 11.6 Å². The van der Waals surface area contributed by atoms with Gasteiger partial charge in [0.15, 0.2) is 18.2 Å². The Labute approximate surface area is 103 Å². The molecule has 2 N–H and O–H groups in total. The van der Waals surface area contributed by atoms with Crippen LogP contribution in [0.5, 0.6) is 5.75 Å². The highest BCUT2D eigenvalue weighted by atomic mass is 19.1. The van der Waals surface area contributed by atoms with Gasteiger partial charge in [-0.25, -0.2) is 8.78 Å². The molecule has 6 heteroatoms. The second-order valence-corrected chi connectivity index (χ2v) is 4.33. The summed E-state index contributed by atoms with van der Waals surface area (Å²) in [5, 5.41) is 0. The molecule has 0 unspecified atom stereocenters. The molecule has 1 saturated carbocycles. The van der Waals surface area contributed by atoms with Gasteiger partial charge in [-0.05, 0) is 12.8 Å². The standard InChI is InChI=1S/C12H14F2N2O2/c1-16(7-2-3-7)12(17)6-18-11-5-8(13)10(15)4-9(11)14/h4-5,7H,2-3,6,15H2,1H3. The molecule has 18 heavy (non-hydrogen) atoms. The average Bonchev–Trinajstić information content (AvgIpc) is 3.14. The van der Waals surface area contributed by atoms with Gasteiger partial charge in [0.1, 0.15) is 5.82 Å². The lowest BCUT2D eigenvalue weighted by Gasteiger charge is -2.16. The predicted octanol–water partition coefficient (Wildman–Crippen LogP) is 1.55. The van der Waals surface area contributed by atoms with Crippen molar-refractivity contribution in [3.05, 3.63) is 23.8 Å². The first kappa shape index (κ1) is 12.6. The van der Waals surface area contributed by atoms with Crippen LogP contribution in [0.2, 0.25) is 0 Å². The first-order valence-electron chi connectivity index (χ1n) is 5.62. The summed E-state index contributed by atoms with van der Waals surface area (Å²) in [6.07, 6.45) is 1.96. The number of hydrogen-bond donors (Lipinski definition) is 1. The molecule has 0 aromatic heterocycles. The molecule has 1 aromatic carbocycles. The summed E-state index contributed by atoms with van der Waals surface area (Å²) in [5.74, 6) is -2.11. The van der Waals surface area contributed by atoms with Crippen LogP contribution in [-0.2, 0) is 4.79 Å². The number of ether oxygens (including phenoxy) is 1. The van der Waals surface area contributed by atoms with Crippen molar-refractivity contribution in [3.63, 3.8) is 0 Å². The topological polar surface area (TPSA) is 55.6 Å². The predicted molar refractivity (Wildman–Crippen MR) is 62.1 cm³/mol. The molecule has 0 bridgehead atoms. The third-order valence-electron chi connectivity index (χ3n) is 2.89. The maximum Gasteiger partial charge on any atom is 0.260 e. The zero-order chi connectivity index (χ0) is 13.3. The number of nitrogen functional groups attached to an aromatic ring is 1. The Bertz CT molecular complexity index is 475. The van der Waals surface area contributed by atoms with E-state index in [1.54, 1.807) is 11.9 Å². The van der Waals surface area contributed by atoms with E-state index in [1.807, 2.05) is 0 Å². The highest BCUT2D eigenvalue weighted by Gasteiger charge is 2.29. The SMILES string of the molecule is CN(C(=O)COc1cc(F)c(N)cc1F)C1CC1. The Morgan fingerprint density at radius 1 is 1.44 bits per heavy atom. The van der Waals surface area contributed by atoms with Crippen LogP contribution in [0.15, 0.2) is 12.1 Å². The zero-order valence-corrected chi connectivity index (χ0v) is 9.95. The number of amides is 1. The summed E-state index contributed by atoms with van der Waals surface area (Å²) in [6.45, 7) is -0.312. The van der Waals surface area contributed by atoms with Gasteiger partial charge in [0.05, 0.1) is 5.69 Å². The molecule has 1 aromatic rings. The zero-order valence-electron chi connectivity index (χ0n) is 9.95. The van der Waals surface area contributed by atoms with Crippen LogP contribution in [0.1, 0.15) is 12.8 Å². The van der Waals surface area contributed by atoms with Gasteiger partial charge in [0, 0.05) is 25.2 Å². The molecular weight excluding hydrogens is 242 g/mol. The number of anilines is 1. The van der Waals surface area contributed by atoms with Crippen molar-refractivity contribution in [3.8, 4) is 5.75 Å². The largest absolute Gasteiger partial charge is 0.481 e. The number of rotatable bonds is 4. The minimum absolute atomic E-state index is 0.255. The van der Waals surface area contributed by atoms with Crippen molar-refractivity contribution in [1.29, 1.82) is 0 Å². The number of halogens is 2. The number of nitrogens with two attached hydrogens (primary N) is 1. The number of carbonyl (C=O) groups is 1. The Balaban J connectivity index is 1.97.